The van der Waals surface area contributed by atoms with Crippen LogP contribution in [0.15, 0.2) is 24.3 Å². The fourth-order valence-electron chi connectivity index (χ4n) is 2.64. The summed E-state index contributed by atoms with van der Waals surface area (Å²) in [7, 11) is 0. The van der Waals surface area contributed by atoms with Crippen molar-refractivity contribution in [1.82, 2.24) is 10.2 Å². The first-order valence-electron chi connectivity index (χ1n) is 8.13. The lowest BCUT2D eigenvalue weighted by molar-refractivity contribution is -0.117. The van der Waals surface area contributed by atoms with Crippen molar-refractivity contribution < 1.29 is 9.53 Å². The van der Waals surface area contributed by atoms with Crippen LogP contribution in [0.25, 0.3) is 0 Å². The average Bonchev–Trinajstić information content (AvgIpc) is 2.53. The van der Waals surface area contributed by atoms with Gasteiger partial charge in [0, 0.05) is 31.2 Å². The highest BCUT2D eigenvalue weighted by atomic mass is 16.5. The molecule has 122 valence electrons. The molecule has 1 heterocycles. The molecular formula is C17H27N3O2. The number of anilines is 1. The number of carbonyl (C=O) groups is 1. The highest BCUT2D eigenvalue weighted by Crippen LogP contribution is 2.13. The first-order chi connectivity index (χ1) is 10.7. The molecule has 1 aliphatic rings. The van der Waals surface area contributed by atoms with Crippen molar-refractivity contribution in [3.8, 4) is 0 Å². The van der Waals surface area contributed by atoms with Gasteiger partial charge >= 0.3 is 0 Å². The smallest absolute Gasteiger partial charge is 0.226 e. The number of hydrogen-bond donors (Lipinski definition) is 2. The van der Waals surface area contributed by atoms with Crippen molar-refractivity contribution in [2.75, 3.05) is 38.2 Å². The lowest BCUT2D eigenvalue weighted by atomic mass is 10.1. The summed E-state index contributed by atoms with van der Waals surface area (Å²) in [5.41, 5.74) is 2.09. The summed E-state index contributed by atoms with van der Waals surface area (Å²) in [6, 6.07) is 8.21. The zero-order chi connectivity index (χ0) is 15.8. The SMILES string of the molecule is CCN(CC)Cc1cccc(NC(=O)CC2COCCN2)c1. The number of rotatable bonds is 7. The molecule has 0 spiro atoms. The highest BCUT2D eigenvalue weighted by molar-refractivity contribution is 5.91. The molecule has 5 heteroatoms. The molecule has 1 aromatic rings. The number of hydrogen-bond acceptors (Lipinski definition) is 4. The number of carbonyl (C=O) groups excluding carboxylic acids is 1. The Morgan fingerprint density at radius 2 is 2.23 bits per heavy atom. The zero-order valence-electron chi connectivity index (χ0n) is 13.6. The number of nitrogens with one attached hydrogen (secondary N) is 2. The van der Waals surface area contributed by atoms with Crippen molar-refractivity contribution in [3.05, 3.63) is 29.8 Å². The van der Waals surface area contributed by atoms with E-state index in [-0.39, 0.29) is 11.9 Å². The minimum Gasteiger partial charge on any atom is -0.378 e. The fourth-order valence-corrected chi connectivity index (χ4v) is 2.64. The molecule has 2 rings (SSSR count). The molecule has 1 atom stereocenters. The van der Waals surface area contributed by atoms with Gasteiger partial charge < -0.3 is 15.4 Å². The van der Waals surface area contributed by atoms with Crippen LogP contribution < -0.4 is 10.6 Å². The third-order valence-corrected chi connectivity index (χ3v) is 3.94. The average molecular weight is 305 g/mol. The molecule has 0 aliphatic carbocycles. The quantitative estimate of drug-likeness (QED) is 0.807. The summed E-state index contributed by atoms with van der Waals surface area (Å²) in [5.74, 6) is 0.0305. The van der Waals surface area contributed by atoms with Gasteiger partial charge in [-0.25, -0.2) is 0 Å². The Morgan fingerprint density at radius 3 is 2.91 bits per heavy atom. The first kappa shape index (κ1) is 16.9. The molecule has 1 unspecified atom stereocenters. The van der Waals surface area contributed by atoms with E-state index in [1.54, 1.807) is 0 Å². The van der Waals surface area contributed by atoms with Crippen molar-refractivity contribution in [1.29, 1.82) is 0 Å². The molecular weight excluding hydrogens is 278 g/mol. The standard InChI is InChI=1S/C17H27N3O2/c1-3-20(4-2)12-14-6-5-7-15(10-14)19-17(21)11-16-13-22-9-8-18-16/h5-7,10,16,18H,3-4,8-9,11-13H2,1-2H3,(H,19,21). The van der Waals surface area contributed by atoms with Gasteiger partial charge in [-0.2, -0.15) is 0 Å². The van der Waals surface area contributed by atoms with Gasteiger partial charge in [0.2, 0.25) is 5.91 Å². The summed E-state index contributed by atoms with van der Waals surface area (Å²) in [6.07, 6.45) is 0.445. The minimum atomic E-state index is 0.0305. The van der Waals surface area contributed by atoms with E-state index in [4.69, 9.17) is 4.74 Å². The van der Waals surface area contributed by atoms with Gasteiger partial charge in [-0.05, 0) is 30.8 Å². The van der Waals surface area contributed by atoms with Crippen LogP contribution in [0.2, 0.25) is 0 Å². The van der Waals surface area contributed by atoms with Gasteiger partial charge in [0.25, 0.3) is 0 Å². The predicted molar refractivity (Wildman–Crippen MR) is 88.9 cm³/mol. The van der Waals surface area contributed by atoms with Crippen molar-refractivity contribution in [2.45, 2.75) is 32.9 Å². The molecule has 1 fully saturated rings. The summed E-state index contributed by atoms with van der Waals surface area (Å²) in [6.45, 7) is 9.44. The lowest BCUT2D eigenvalue weighted by Crippen LogP contribution is -2.43. The van der Waals surface area contributed by atoms with Crippen LogP contribution in [0.3, 0.4) is 0 Å². The van der Waals surface area contributed by atoms with Crippen LogP contribution >= 0.6 is 0 Å². The number of nitrogens with zero attached hydrogens (tertiary/aromatic N) is 1. The van der Waals surface area contributed by atoms with E-state index in [0.29, 0.717) is 13.0 Å². The zero-order valence-corrected chi connectivity index (χ0v) is 13.6. The van der Waals surface area contributed by atoms with E-state index in [2.05, 4.69) is 41.5 Å². The summed E-state index contributed by atoms with van der Waals surface area (Å²) < 4.78 is 5.37. The maximum Gasteiger partial charge on any atom is 0.226 e. The Morgan fingerprint density at radius 1 is 1.41 bits per heavy atom. The summed E-state index contributed by atoms with van der Waals surface area (Å²) in [5, 5.41) is 6.28. The second kappa shape index (κ2) is 8.88. The van der Waals surface area contributed by atoms with Crippen LogP contribution in [0.1, 0.15) is 25.8 Å². The van der Waals surface area contributed by atoms with Crippen molar-refractivity contribution in [3.63, 3.8) is 0 Å². The highest BCUT2D eigenvalue weighted by Gasteiger charge is 2.16. The molecule has 0 bridgehead atoms. The summed E-state index contributed by atoms with van der Waals surface area (Å²) >= 11 is 0. The van der Waals surface area contributed by atoms with Gasteiger partial charge in [-0.3, -0.25) is 9.69 Å². The molecule has 5 nitrogen and oxygen atoms in total. The maximum absolute atomic E-state index is 12.1. The van der Waals surface area contributed by atoms with Crippen LogP contribution in [0.5, 0.6) is 0 Å². The Balaban J connectivity index is 1.87. The van der Waals surface area contributed by atoms with Gasteiger partial charge in [0.15, 0.2) is 0 Å². The molecule has 0 saturated carbocycles. The van der Waals surface area contributed by atoms with Crippen LogP contribution in [-0.4, -0.2) is 49.7 Å². The van der Waals surface area contributed by atoms with E-state index < -0.39 is 0 Å². The van der Waals surface area contributed by atoms with Gasteiger partial charge in [-0.15, -0.1) is 0 Å². The van der Waals surface area contributed by atoms with Gasteiger partial charge in [0.05, 0.1) is 13.2 Å². The van der Waals surface area contributed by atoms with E-state index in [0.717, 1.165) is 38.5 Å². The monoisotopic (exact) mass is 305 g/mol. The second-order valence-electron chi connectivity index (χ2n) is 5.64. The topological polar surface area (TPSA) is 53.6 Å². The van der Waals surface area contributed by atoms with Gasteiger partial charge in [0.1, 0.15) is 0 Å². The largest absolute Gasteiger partial charge is 0.378 e. The number of amides is 1. The van der Waals surface area contributed by atoms with E-state index in [9.17, 15) is 4.79 Å². The Hall–Kier alpha value is -1.43. The van der Waals surface area contributed by atoms with E-state index >= 15 is 0 Å². The maximum atomic E-state index is 12.1. The minimum absolute atomic E-state index is 0.0305. The van der Waals surface area contributed by atoms with Gasteiger partial charge in [-0.1, -0.05) is 26.0 Å². The number of morpholine rings is 1. The molecule has 1 saturated heterocycles. The van der Waals surface area contributed by atoms with E-state index in [1.165, 1.54) is 5.56 Å². The normalized spacial score (nSPS) is 18.4. The molecule has 2 N–H and O–H groups in total. The van der Waals surface area contributed by atoms with Crippen molar-refractivity contribution >= 4 is 11.6 Å². The van der Waals surface area contributed by atoms with Crippen molar-refractivity contribution in [2.24, 2.45) is 0 Å². The molecule has 1 amide bonds. The first-order valence-corrected chi connectivity index (χ1v) is 8.13. The molecule has 1 aromatic carbocycles. The Bertz CT molecular complexity index is 469. The molecule has 22 heavy (non-hydrogen) atoms. The second-order valence-corrected chi connectivity index (χ2v) is 5.64. The third kappa shape index (κ3) is 5.40. The van der Waals surface area contributed by atoms with Crippen LogP contribution in [-0.2, 0) is 16.1 Å². The fraction of sp³-hybridized carbons (Fsp3) is 0.588. The van der Waals surface area contributed by atoms with Crippen LogP contribution in [0.4, 0.5) is 5.69 Å². The third-order valence-electron chi connectivity index (χ3n) is 3.94. The molecule has 0 radical (unpaired) electrons. The Kier molecular flexibility index (Phi) is 6.83. The van der Waals surface area contributed by atoms with Crippen LogP contribution in [0, 0.1) is 0 Å². The molecule has 0 aromatic heterocycles. The number of benzene rings is 1. The lowest BCUT2D eigenvalue weighted by Gasteiger charge is -2.23. The Labute approximate surface area is 133 Å². The summed E-state index contributed by atoms with van der Waals surface area (Å²) in [4.78, 5) is 14.5. The van der Waals surface area contributed by atoms with E-state index in [1.807, 2.05) is 12.1 Å². The number of ether oxygens (including phenoxy) is 1. The molecule has 1 aliphatic heterocycles. The predicted octanol–water partition coefficient (Wildman–Crippen LogP) is 1.85.